The van der Waals surface area contributed by atoms with Crippen molar-refractivity contribution in [3.8, 4) is 0 Å². The Morgan fingerprint density at radius 3 is 2.67 bits per heavy atom. The molecule has 0 radical (unpaired) electrons. The molecule has 0 atom stereocenters. The minimum Gasteiger partial charge on any atom is -0.478 e. The third-order valence-electron chi connectivity index (χ3n) is 2.43. The molecular formula is C13H17N3O5. The molecule has 0 saturated carbocycles. The molecule has 114 valence electrons. The molecule has 0 unspecified atom stereocenters. The van der Waals surface area contributed by atoms with Crippen molar-refractivity contribution in [2.45, 2.75) is 6.92 Å². The molecule has 0 aliphatic carbocycles. The molecule has 0 saturated heterocycles. The second-order valence-corrected chi connectivity index (χ2v) is 4.25. The molecule has 0 aromatic heterocycles. The molecule has 0 fully saturated rings. The van der Waals surface area contributed by atoms with Gasteiger partial charge in [0.15, 0.2) is 0 Å². The lowest BCUT2D eigenvalue weighted by atomic mass is 10.1. The number of primary amides is 1. The second-order valence-electron chi connectivity index (χ2n) is 4.25. The quantitative estimate of drug-likeness (QED) is 0.538. The van der Waals surface area contributed by atoms with Gasteiger partial charge in [0.05, 0.1) is 17.9 Å². The highest BCUT2D eigenvalue weighted by atomic mass is 16.5. The summed E-state index contributed by atoms with van der Waals surface area (Å²) < 4.78 is 4.86. The average molecular weight is 295 g/mol. The van der Waals surface area contributed by atoms with Gasteiger partial charge in [-0.3, -0.25) is 4.79 Å². The summed E-state index contributed by atoms with van der Waals surface area (Å²) in [5, 5.41) is 14.0. The molecule has 1 aromatic carbocycles. The fourth-order valence-electron chi connectivity index (χ4n) is 1.52. The van der Waals surface area contributed by atoms with Crippen LogP contribution in [0.4, 0.5) is 10.5 Å². The number of urea groups is 1. The van der Waals surface area contributed by atoms with Gasteiger partial charge >= 0.3 is 12.0 Å². The van der Waals surface area contributed by atoms with Crippen molar-refractivity contribution in [2.75, 3.05) is 25.1 Å². The van der Waals surface area contributed by atoms with E-state index in [1.165, 1.54) is 12.1 Å². The molecule has 1 rings (SSSR count). The molecule has 3 amide bonds. The van der Waals surface area contributed by atoms with Crippen LogP contribution in [0.15, 0.2) is 18.2 Å². The molecule has 0 spiro atoms. The van der Waals surface area contributed by atoms with Crippen LogP contribution in [0.3, 0.4) is 0 Å². The van der Waals surface area contributed by atoms with Crippen LogP contribution < -0.4 is 16.4 Å². The van der Waals surface area contributed by atoms with E-state index >= 15 is 0 Å². The summed E-state index contributed by atoms with van der Waals surface area (Å²) in [6.45, 7) is 1.82. The largest absolute Gasteiger partial charge is 0.478 e. The van der Waals surface area contributed by atoms with Gasteiger partial charge in [0.25, 0.3) is 0 Å². The van der Waals surface area contributed by atoms with Gasteiger partial charge in [0, 0.05) is 6.54 Å². The Labute approximate surface area is 121 Å². The summed E-state index contributed by atoms with van der Waals surface area (Å²) in [4.78, 5) is 33.1. The van der Waals surface area contributed by atoms with Gasteiger partial charge in [-0.2, -0.15) is 0 Å². The first-order chi connectivity index (χ1) is 9.90. The summed E-state index contributed by atoms with van der Waals surface area (Å²) in [6.07, 6.45) is 0. The van der Waals surface area contributed by atoms with Crippen LogP contribution in [-0.2, 0) is 9.53 Å². The topological polar surface area (TPSA) is 131 Å². The maximum atomic E-state index is 11.6. The normalized spacial score (nSPS) is 9.95. The number of nitrogens with one attached hydrogen (secondary N) is 2. The average Bonchev–Trinajstić information content (AvgIpc) is 2.39. The Morgan fingerprint density at radius 1 is 1.33 bits per heavy atom. The van der Waals surface area contributed by atoms with Gasteiger partial charge < -0.3 is 26.2 Å². The minimum atomic E-state index is -1.13. The number of anilines is 1. The van der Waals surface area contributed by atoms with Gasteiger partial charge in [0.1, 0.15) is 6.61 Å². The number of carbonyl (C=O) groups excluding carboxylic acids is 2. The maximum absolute atomic E-state index is 11.6. The fraction of sp³-hybridized carbons (Fsp3) is 0.308. The molecule has 1 aromatic rings. The van der Waals surface area contributed by atoms with Crippen LogP contribution in [0.5, 0.6) is 0 Å². The van der Waals surface area contributed by atoms with E-state index in [2.05, 4.69) is 10.6 Å². The number of aryl methyl sites for hydroxylation is 1. The highest BCUT2D eigenvalue weighted by Gasteiger charge is 2.12. The SMILES string of the molecule is Cc1ccc(NC(=O)NCCOCC(N)=O)c(C(=O)O)c1. The van der Waals surface area contributed by atoms with Crippen LogP contribution >= 0.6 is 0 Å². The zero-order valence-electron chi connectivity index (χ0n) is 11.5. The van der Waals surface area contributed by atoms with Crippen molar-refractivity contribution < 1.29 is 24.2 Å². The molecule has 0 heterocycles. The first kappa shape index (κ1) is 16.4. The lowest BCUT2D eigenvalue weighted by Gasteiger charge is -2.10. The Kier molecular flexibility index (Phi) is 6.15. The van der Waals surface area contributed by atoms with Gasteiger partial charge in [-0.05, 0) is 19.1 Å². The summed E-state index contributed by atoms with van der Waals surface area (Å²) in [7, 11) is 0. The molecular weight excluding hydrogens is 278 g/mol. The zero-order valence-corrected chi connectivity index (χ0v) is 11.5. The first-order valence-electron chi connectivity index (χ1n) is 6.15. The van der Waals surface area contributed by atoms with E-state index in [0.29, 0.717) is 0 Å². The number of ether oxygens (including phenoxy) is 1. The summed E-state index contributed by atoms with van der Waals surface area (Å²) >= 11 is 0. The van der Waals surface area contributed by atoms with E-state index in [-0.39, 0.29) is 31.0 Å². The van der Waals surface area contributed by atoms with Crippen molar-refractivity contribution in [3.05, 3.63) is 29.3 Å². The zero-order chi connectivity index (χ0) is 15.8. The Hall–Kier alpha value is -2.61. The van der Waals surface area contributed by atoms with Crippen LogP contribution in [0.1, 0.15) is 15.9 Å². The molecule has 8 nitrogen and oxygen atoms in total. The minimum absolute atomic E-state index is 0.00938. The fourth-order valence-corrected chi connectivity index (χ4v) is 1.52. The molecule has 21 heavy (non-hydrogen) atoms. The molecule has 0 bridgehead atoms. The first-order valence-corrected chi connectivity index (χ1v) is 6.15. The lowest BCUT2D eigenvalue weighted by molar-refractivity contribution is -0.122. The van der Waals surface area contributed by atoms with Crippen molar-refractivity contribution in [1.29, 1.82) is 0 Å². The Balaban J connectivity index is 2.48. The van der Waals surface area contributed by atoms with Crippen LogP contribution in [0.25, 0.3) is 0 Å². The monoisotopic (exact) mass is 295 g/mol. The van der Waals surface area contributed by atoms with Gasteiger partial charge in [0.2, 0.25) is 5.91 Å². The van der Waals surface area contributed by atoms with Crippen molar-refractivity contribution in [3.63, 3.8) is 0 Å². The number of carboxylic acids is 1. The van der Waals surface area contributed by atoms with Gasteiger partial charge in [-0.15, -0.1) is 0 Å². The number of benzene rings is 1. The number of hydrogen-bond acceptors (Lipinski definition) is 4. The highest BCUT2D eigenvalue weighted by Crippen LogP contribution is 2.17. The Morgan fingerprint density at radius 2 is 2.05 bits per heavy atom. The van der Waals surface area contributed by atoms with E-state index in [1.807, 2.05) is 0 Å². The van der Waals surface area contributed by atoms with Gasteiger partial charge in [-0.25, -0.2) is 9.59 Å². The predicted molar refractivity (Wildman–Crippen MR) is 75.2 cm³/mol. The van der Waals surface area contributed by atoms with E-state index in [9.17, 15) is 14.4 Å². The molecule has 5 N–H and O–H groups in total. The molecule has 8 heteroatoms. The van der Waals surface area contributed by atoms with Crippen molar-refractivity contribution in [2.24, 2.45) is 5.73 Å². The van der Waals surface area contributed by atoms with Crippen LogP contribution in [-0.4, -0.2) is 42.8 Å². The standard InChI is InChI=1S/C13H17N3O5/c1-8-2-3-10(9(6-8)12(18)19)16-13(20)15-4-5-21-7-11(14)17/h2-3,6H,4-5,7H2,1H3,(H2,14,17)(H,18,19)(H2,15,16,20). The van der Waals surface area contributed by atoms with E-state index in [0.717, 1.165) is 5.56 Å². The summed E-state index contributed by atoms with van der Waals surface area (Å²) in [6, 6.07) is 4.11. The smallest absolute Gasteiger partial charge is 0.337 e. The third-order valence-corrected chi connectivity index (χ3v) is 2.43. The van der Waals surface area contributed by atoms with Crippen molar-refractivity contribution >= 4 is 23.6 Å². The molecule has 0 aliphatic rings. The second kappa shape index (κ2) is 7.85. The van der Waals surface area contributed by atoms with Gasteiger partial charge in [-0.1, -0.05) is 11.6 Å². The number of aromatic carboxylic acids is 1. The number of nitrogens with two attached hydrogens (primary N) is 1. The van der Waals surface area contributed by atoms with Crippen LogP contribution in [0, 0.1) is 6.92 Å². The van der Waals surface area contributed by atoms with E-state index < -0.39 is 17.9 Å². The number of rotatable bonds is 7. The van der Waals surface area contributed by atoms with E-state index in [1.54, 1.807) is 13.0 Å². The number of hydrogen-bond donors (Lipinski definition) is 4. The highest BCUT2D eigenvalue weighted by molar-refractivity contribution is 6.00. The van der Waals surface area contributed by atoms with Crippen molar-refractivity contribution in [1.82, 2.24) is 5.32 Å². The maximum Gasteiger partial charge on any atom is 0.337 e. The van der Waals surface area contributed by atoms with E-state index in [4.69, 9.17) is 15.6 Å². The summed E-state index contributed by atoms with van der Waals surface area (Å²) in [5.74, 6) is -1.72. The lowest BCUT2D eigenvalue weighted by Crippen LogP contribution is -2.32. The number of amides is 3. The van der Waals surface area contributed by atoms with Crippen LogP contribution in [0.2, 0.25) is 0 Å². The number of carboxylic acid groups (broad SMARTS) is 1. The summed E-state index contributed by atoms with van der Waals surface area (Å²) in [5.41, 5.74) is 5.86. The Bertz CT molecular complexity index is 545. The predicted octanol–water partition coefficient (Wildman–Crippen LogP) is 0.317. The molecule has 0 aliphatic heterocycles. The number of carbonyl (C=O) groups is 3. The third kappa shape index (κ3) is 5.91.